The highest BCUT2D eigenvalue weighted by Crippen LogP contribution is 2.23. The molecule has 1 aliphatic heterocycles. The zero-order chi connectivity index (χ0) is 13.9. The largest absolute Gasteiger partial charge is 0.350 e. The van der Waals surface area contributed by atoms with Crippen LogP contribution < -0.4 is 5.32 Å². The molecule has 1 aromatic heterocycles. The van der Waals surface area contributed by atoms with E-state index in [0.717, 1.165) is 19.6 Å². The Morgan fingerprint density at radius 3 is 2.95 bits per heavy atom. The summed E-state index contributed by atoms with van der Waals surface area (Å²) in [5, 5.41) is 4.93. The predicted molar refractivity (Wildman–Crippen MR) is 84.9 cm³/mol. The van der Waals surface area contributed by atoms with Crippen LogP contribution in [0, 0.1) is 0 Å². The molecule has 1 fully saturated rings. The summed E-state index contributed by atoms with van der Waals surface area (Å²) < 4.78 is 2.25. The minimum Gasteiger partial charge on any atom is -0.350 e. The number of aromatic nitrogens is 1. The van der Waals surface area contributed by atoms with Crippen LogP contribution in [0.1, 0.15) is 25.3 Å². The van der Waals surface area contributed by atoms with Crippen molar-refractivity contribution in [1.82, 2.24) is 14.8 Å². The summed E-state index contributed by atoms with van der Waals surface area (Å²) >= 11 is 0. The number of para-hydroxylation sites is 1. The van der Waals surface area contributed by atoms with Gasteiger partial charge in [-0.1, -0.05) is 25.1 Å². The molecule has 2 heterocycles. The fourth-order valence-electron chi connectivity index (χ4n) is 3.41. The van der Waals surface area contributed by atoms with Gasteiger partial charge in [0.25, 0.3) is 0 Å². The monoisotopic (exact) mass is 271 g/mol. The number of benzene rings is 1. The molecule has 0 bridgehead atoms. The Kier molecular flexibility index (Phi) is 4.08. The van der Waals surface area contributed by atoms with E-state index in [-0.39, 0.29) is 0 Å². The van der Waals surface area contributed by atoms with Crippen molar-refractivity contribution in [3.8, 4) is 0 Å². The van der Waals surface area contributed by atoms with E-state index in [2.05, 4.69) is 59.2 Å². The van der Waals surface area contributed by atoms with Crippen molar-refractivity contribution < 1.29 is 0 Å². The van der Waals surface area contributed by atoms with Crippen molar-refractivity contribution in [3.63, 3.8) is 0 Å². The Morgan fingerprint density at radius 2 is 2.20 bits per heavy atom. The third-order valence-corrected chi connectivity index (χ3v) is 4.55. The molecule has 0 radical (unpaired) electrons. The van der Waals surface area contributed by atoms with Crippen LogP contribution in [0.2, 0.25) is 0 Å². The molecule has 3 heteroatoms. The van der Waals surface area contributed by atoms with E-state index in [0.29, 0.717) is 6.04 Å². The Bertz CT molecular complexity index is 567. The average Bonchev–Trinajstić information content (AvgIpc) is 2.82. The second kappa shape index (κ2) is 5.98. The van der Waals surface area contributed by atoms with Crippen LogP contribution >= 0.6 is 0 Å². The number of aryl methyl sites for hydroxylation is 1. The SMILES string of the molecule is CCN(Cc1cn(C)c2ccccc12)C1CCCNC1. The fourth-order valence-corrected chi connectivity index (χ4v) is 3.41. The lowest BCUT2D eigenvalue weighted by Gasteiger charge is -2.33. The molecule has 0 saturated carbocycles. The molecule has 2 aromatic rings. The molecule has 1 saturated heterocycles. The maximum Gasteiger partial charge on any atom is 0.0481 e. The van der Waals surface area contributed by atoms with E-state index in [1.807, 2.05) is 0 Å². The van der Waals surface area contributed by atoms with Crippen LogP contribution in [0.25, 0.3) is 10.9 Å². The van der Waals surface area contributed by atoms with Crippen LogP contribution in [0.3, 0.4) is 0 Å². The van der Waals surface area contributed by atoms with E-state index < -0.39 is 0 Å². The molecule has 0 amide bonds. The van der Waals surface area contributed by atoms with Gasteiger partial charge in [0.05, 0.1) is 0 Å². The summed E-state index contributed by atoms with van der Waals surface area (Å²) in [7, 11) is 2.14. The molecule has 1 aliphatic rings. The molecule has 0 spiro atoms. The third-order valence-electron chi connectivity index (χ3n) is 4.55. The smallest absolute Gasteiger partial charge is 0.0481 e. The van der Waals surface area contributed by atoms with E-state index in [9.17, 15) is 0 Å². The second-order valence-electron chi connectivity index (χ2n) is 5.85. The van der Waals surface area contributed by atoms with Gasteiger partial charge in [-0.25, -0.2) is 0 Å². The summed E-state index contributed by atoms with van der Waals surface area (Å²) in [5.41, 5.74) is 2.79. The Balaban J connectivity index is 1.83. The highest BCUT2D eigenvalue weighted by atomic mass is 15.2. The molecule has 1 N–H and O–H groups in total. The minimum atomic E-state index is 0.688. The summed E-state index contributed by atoms with van der Waals surface area (Å²) in [5.74, 6) is 0. The summed E-state index contributed by atoms with van der Waals surface area (Å²) in [6.45, 7) is 6.78. The zero-order valence-corrected chi connectivity index (χ0v) is 12.6. The topological polar surface area (TPSA) is 20.2 Å². The van der Waals surface area contributed by atoms with Crippen LogP contribution in [-0.2, 0) is 13.6 Å². The van der Waals surface area contributed by atoms with Crippen molar-refractivity contribution in [2.45, 2.75) is 32.4 Å². The number of likely N-dealkylation sites (N-methyl/N-ethyl adjacent to an activating group) is 1. The van der Waals surface area contributed by atoms with Crippen LogP contribution in [0.4, 0.5) is 0 Å². The standard InChI is InChI=1S/C17H25N3/c1-3-20(15-7-6-10-18-11-15)13-14-12-19(2)17-9-5-4-8-16(14)17/h4-5,8-9,12,15,18H,3,6-7,10-11,13H2,1-2H3. The first-order valence-corrected chi connectivity index (χ1v) is 7.77. The van der Waals surface area contributed by atoms with Crippen LogP contribution in [0.15, 0.2) is 30.5 Å². The van der Waals surface area contributed by atoms with Gasteiger partial charge in [0.2, 0.25) is 0 Å². The van der Waals surface area contributed by atoms with Gasteiger partial charge in [0.1, 0.15) is 0 Å². The summed E-state index contributed by atoms with van der Waals surface area (Å²) in [6.07, 6.45) is 4.92. The minimum absolute atomic E-state index is 0.688. The number of rotatable bonds is 4. The molecule has 1 atom stereocenters. The maximum atomic E-state index is 3.53. The Labute approximate surface area is 121 Å². The number of fused-ring (bicyclic) bond motifs is 1. The van der Waals surface area contributed by atoms with Gasteiger partial charge < -0.3 is 9.88 Å². The average molecular weight is 271 g/mol. The maximum absolute atomic E-state index is 3.53. The normalized spacial score (nSPS) is 19.9. The number of hydrogen-bond acceptors (Lipinski definition) is 2. The van der Waals surface area contributed by atoms with Gasteiger partial charge in [0, 0.05) is 43.3 Å². The third kappa shape index (κ3) is 2.60. The quantitative estimate of drug-likeness (QED) is 0.922. The highest BCUT2D eigenvalue weighted by molar-refractivity contribution is 5.83. The zero-order valence-electron chi connectivity index (χ0n) is 12.6. The number of nitrogens with one attached hydrogen (secondary N) is 1. The van der Waals surface area contributed by atoms with Crippen LogP contribution in [-0.4, -0.2) is 35.1 Å². The molecule has 3 nitrogen and oxygen atoms in total. The first kappa shape index (κ1) is 13.7. The lowest BCUT2D eigenvalue weighted by Crippen LogP contribution is -2.45. The van der Waals surface area contributed by atoms with E-state index >= 15 is 0 Å². The molecular weight excluding hydrogens is 246 g/mol. The van der Waals surface area contributed by atoms with Crippen molar-refractivity contribution in [2.75, 3.05) is 19.6 Å². The number of nitrogens with zero attached hydrogens (tertiary/aromatic N) is 2. The molecule has 0 aliphatic carbocycles. The molecular formula is C17H25N3. The fraction of sp³-hybridized carbons (Fsp3) is 0.529. The predicted octanol–water partition coefficient (Wildman–Crippen LogP) is 2.75. The van der Waals surface area contributed by atoms with Crippen molar-refractivity contribution >= 4 is 10.9 Å². The van der Waals surface area contributed by atoms with E-state index in [4.69, 9.17) is 0 Å². The molecule has 3 rings (SSSR count). The van der Waals surface area contributed by atoms with Gasteiger partial charge in [-0.3, -0.25) is 4.90 Å². The first-order valence-electron chi connectivity index (χ1n) is 7.77. The second-order valence-corrected chi connectivity index (χ2v) is 5.85. The molecule has 1 aromatic carbocycles. The Morgan fingerprint density at radius 1 is 1.35 bits per heavy atom. The van der Waals surface area contributed by atoms with Crippen molar-refractivity contribution in [2.24, 2.45) is 7.05 Å². The van der Waals surface area contributed by atoms with Gasteiger partial charge in [-0.2, -0.15) is 0 Å². The lowest BCUT2D eigenvalue weighted by atomic mass is 10.0. The van der Waals surface area contributed by atoms with Gasteiger partial charge >= 0.3 is 0 Å². The van der Waals surface area contributed by atoms with Gasteiger partial charge in [-0.05, 0) is 37.6 Å². The van der Waals surface area contributed by atoms with Crippen molar-refractivity contribution in [1.29, 1.82) is 0 Å². The molecule has 20 heavy (non-hydrogen) atoms. The van der Waals surface area contributed by atoms with Crippen LogP contribution in [0.5, 0.6) is 0 Å². The highest BCUT2D eigenvalue weighted by Gasteiger charge is 2.20. The first-order chi connectivity index (χ1) is 9.79. The summed E-state index contributed by atoms with van der Waals surface area (Å²) in [6, 6.07) is 9.40. The Hall–Kier alpha value is -1.32. The van der Waals surface area contributed by atoms with E-state index in [1.54, 1.807) is 0 Å². The summed E-state index contributed by atoms with van der Waals surface area (Å²) in [4.78, 5) is 2.62. The lowest BCUT2D eigenvalue weighted by molar-refractivity contribution is 0.166. The van der Waals surface area contributed by atoms with Gasteiger partial charge in [-0.15, -0.1) is 0 Å². The van der Waals surface area contributed by atoms with E-state index in [1.165, 1.54) is 35.9 Å². The van der Waals surface area contributed by atoms with Crippen molar-refractivity contribution in [3.05, 3.63) is 36.0 Å². The number of piperidine rings is 1. The molecule has 108 valence electrons. The number of hydrogen-bond donors (Lipinski definition) is 1. The van der Waals surface area contributed by atoms with Gasteiger partial charge in [0.15, 0.2) is 0 Å². The molecule has 1 unspecified atom stereocenters.